The molecule has 148 valence electrons. The van der Waals surface area contributed by atoms with Crippen molar-refractivity contribution in [2.75, 3.05) is 6.54 Å². The van der Waals surface area contributed by atoms with Gasteiger partial charge in [0.2, 0.25) is 5.91 Å². The smallest absolute Gasteiger partial charge is 0.303 e. The summed E-state index contributed by atoms with van der Waals surface area (Å²) in [5.74, 6) is 0.776. The number of hydrogen-bond acceptors (Lipinski definition) is 3. The van der Waals surface area contributed by atoms with Crippen LogP contribution in [0, 0.1) is 17.8 Å². The van der Waals surface area contributed by atoms with Crippen LogP contribution in [0.5, 0.6) is 0 Å². The average Bonchev–Trinajstić information content (AvgIpc) is 2.60. The summed E-state index contributed by atoms with van der Waals surface area (Å²) in [6.07, 6.45) is 10.2. The molecule has 0 heterocycles. The molecule has 2 aliphatic rings. The van der Waals surface area contributed by atoms with Crippen molar-refractivity contribution >= 4 is 17.8 Å². The van der Waals surface area contributed by atoms with E-state index in [0.717, 1.165) is 70.8 Å². The van der Waals surface area contributed by atoms with E-state index in [4.69, 9.17) is 16.6 Å². The highest BCUT2D eigenvalue weighted by atomic mass is 16.4. The minimum absolute atomic E-state index is 0.0172. The lowest BCUT2D eigenvalue weighted by atomic mass is 9.79. The lowest BCUT2D eigenvalue weighted by molar-refractivity contribution is -0.137. The molecule has 2 saturated carbocycles. The molecule has 2 aliphatic carbocycles. The van der Waals surface area contributed by atoms with Crippen LogP contribution in [0.1, 0.15) is 70.6 Å². The van der Waals surface area contributed by atoms with E-state index in [2.05, 4.69) is 10.3 Å². The number of rotatable bonds is 8. The number of carboxylic acids is 1. The highest BCUT2D eigenvalue weighted by Crippen LogP contribution is 2.33. The maximum Gasteiger partial charge on any atom is 0.303 e. The number of carbonyl (C=O) groups is 2. The Hall–Kier alpha value is -1.79. The van der Waals surface area contributed by atoms with Gasteiger partial charge in [-0.1, -0.05) is 32.1 Å². The van der Waals surface area contributed by atoms with Crippen molar-refractivity contribution in [1.82, 2.24) is 5.32 Å². The Kier molecular flexibility index (Phi) is 8.19. The van der Waals surface area contributed by atoms with Crippen molar-refractivity contribution < 1.29 is 14.7 Å². The van der Waals surface area contributed by atoms with E-state index in [0.29, 0.717) is 11.8 Å². The van der Waals surface area contributed by atoms with Gasteiger partial charge in [-0.05, 0) is 43.9 Å². The Morgan fingerprint density at radius 1 is 1.00 bits per heavy atom. The fraction of sp³-hybridized carbons (Fsp3) is 0.842. The fourth-order valence-electron chi connectivity index (χ4n) is 4.41. The van der Waals surface area contributed by atoms with Gasteiger partial charge in [0, 0.05) is 18.9 Å². The molecular formula is C19H34N4O3. The standard InChI is InChI=1S/C19H34N4O3/c20-19(21)23-16-3-1-2-15(12-16)18(26)22-11-10-14-6-4-13(5-7-14)8-9-17(24)25/h13-16H,1-12H2,(H,22,26)(H,24,25)(H4,20,21,23). The van der Waals surface area contributed by atoms with Crippen LogP contribution in [-0.2, 0) is 9.59 Å². The molecule has 2 fully saturated rings. The number of nitrogens with two attached hydrogens (primary N) is 2. The summed E-state index contributed by atoms with van der Waals surface area (Å²) in [5, 5.41) is 11.9. The molecule has 2 atom stereocenters. The van der Waals surface area contributed by atoms with E-state index < -0.39 is 5.97 Å². The Bertz CT molecular complexity index is 497. The molecule has 0 aromatic heterocycles. The SMILES string of the molecule is NC(N)=NC1CCCC(C(=O)NCCC2CCC(CCC(=O)O)CC2)C1. The summed E-state index contributed by atoms with van der Waals surface area (Å²) < 4.78 is 0. The van der Waals surface area contributed by atoms with Crippen LogP contribution in [0.4, 0.5) is 0 Å². The minimum atomic E-state index is -0.695. The van der Waals surface area contributed by atoms with Crippen molar-refractivity contribution in [1.29, 1.82) is 0 Å². The van der Waals surface area contributed by atoms with Gasteiger partial charge in [-0.2, -0.15) is 0 Å². The Labute approximate surface area is 156 Å². The van der Waals surface area contributed by atoms with E-state index in [1.54, 1.807) is 0 Å². The molecule has 0 radical (unpaired) electrons. The van der Waals surface area contributed by atoms with Crippen molar-refractivity contribution in [2.24, 2.45) is 34.2 Å². The zero-order valence-electron chi connectivity index (χ0n) is 15.7. The van der Waals surface area contributed by atoms with Crippen LogP contribution in [0.3, 0.4) is 0 Å². The second-order valence-corrected chi connectivity index (χ2v) is 7.97. The van der Waals surface area contributed by atoms with Gasteiger partial charge in [0.25, 0.3) is 0 Å². The van der Waals surface area contributed by atoms with Crippen molar-refractivity contribution in [3.8, 4) is 0 Å². The number of aliphatic imine (C=N–C) groups is 1. The van der Waals surface area contributed by atoms with Gasteiger partial charge < -0.3 is 21.9 Å². The first-order valence-electron chi connectivity index (χ1n) is 10.0. The van der Waals surface area contributed by atoms with Crippen LogP contribution >= 0.6 is 0 Å². The van der Waals surface area contributed by atoms with E-state index in [1.165, 1.54) is 0 Å². The number of guanidine groups is 1. The van der Waals surface area contributed by atoms with E-state index in [9.17, 15) is 9.59 Å². The predicted molar refractivity (Wildman–Crippen MR) is 102 cm³/mol. The number of hydrogen-bond donors (Lipinski definition) is 4. The second-order valence-electron chi connectivity index (χ2n) is 7.97. The molecule has 1 amide bonds. The largest absolute Gasteiger partial charge is 0.481 e. The molecule has 0 bridgehead atoms. The van der Waals surface area contributed by atoms with Crippen LogP contribution in [-0.4, -0.2) is 35.5 Å². The number of aliphatic carboxylic acids is 1. The van der Waals surface area contributed by atoms with Gasteiger partial charge in [0.15, 0.2) is 5.96 Å². The molecule has 7 nitrogen and oxygen atoms in total. The molecule has 0 saturated heterocycles. The summed E-state index contributed by atoms with van der Waals surface area (Å²) in [6, 6.07) is 0.0746. The summed E-state index contributed by atoms with van der Waals surface area (Å²) in [5.41, 5.74) is 10.9. The number of carboxylic acid groups (broad SMARTS) is 1. The minimum Gasteiger partial charge on any atom is -0.481 e. The summed E-state index contributed by atoms with van der Waals surface area (Å²) in [4.78, 5) is 27.3. The molecule has 0 aromatic carbocycles. The predicted octanol–water partition coefficient (Wildman–Crippen LogP) is 2.00. The van der Waals surface area contributed by atoms with Crippen LogP contribution in [0.2, 0.25) is 0 Å². The highest BCUT2D eigenvalue weighted by Gasteiger charge is 2.27. The van der Waals surface area contributed by atoms with E-state index in [-0.39, 0.29) is 30.2 Å². The second kappa shape index (κ2) is 10.4. The van der Waals surface area contributed by atoms with Crippen molar-refractivity contribution in [3.63, 3.8) is 0 Å². The molecular weight excluding hydrogens is 332 g/mol. The number of nitrogens with one attached hydrogen (secondary N) is 1. The van der Waals surface area contributed by atoms with Gasteiger partial charge in [0.1, 0.15) is 0 Å². The third-order valence-electron chi connectivity index (χ3n) is 5.93. The molecule has 7 heteroatoms. The normalized spacial score (nSPS) is 28.9. The lowest BCUT2D eigenvalue weighted by Crippen LogP contribution is -2.37. The van der Waals surface area contributed by atoms with Gasteiger partial charge in [-0.25, -0.2) is 0 Å². The molecule has 26 heavy (non-hydrogen) atoms. The third kappa shape index (κ3) is 7.22. The van der Waals surface area contributed by atoms with Crippen LogP contribution in [0.15, 0.2) is 4.99 Å². The first-order chi connectivity index (χ1) is 12.4. The van der Waals surface area contributed by atoms with Crippen molar-refractivity contribution in [3.05, 3.63) is 0 Å². The summed E-state index contributed by atoms with van der Waals surface area (Å²) in [6.45, 7) is 0.729. The van der Waals surface area contributed by atoms with E-state index >= 15 is 0 Å². The third-order valence-corrected chi connectivity index (χ3v) is 5.93. The number of amides is 1. The monoisotopic (exact) mass is 366 g/mol. The van der Waals surface area contributed by atoms with Crippen molar-refractivity contribution in [2.45, 2.75) is 76.7 Å². The summed E-state index contributed by atoms with van der Waals surface area (Å²) in [7, 11) is 0. The maximum atomic E-state index is 12.4. The van der Waals surface area contributed by atoms with Gasteiger partial charge >= 0.3 is 5.97 Å². The summed E-state index contributed by atoms with van der Waals surface area (Å²) >= 11 is 0. The zero-order chi connectivity index (χ0) is 18.9. The highest BCUT2D eigenvalue weighted by molar-refractivity contribution is 5.79. The molecule has 0 aliphatic heterocycles. The van der Waals surface area contributed by atoms with Gasteiger partial charge in [-0.15, -0.1) is 0 Å². The molecule has 2 unspecified atom stereocenters. The Morgan fingerprint density at radius 2 is 1.65 bits per heavy atom. The quantitative estimate of drug-likeness (QED) is 0.385. The first kappa shape index (κ1) is 20.5. The molecule has 0 aromatic rings. The zero-order valence-corrected chi connectivity index (χ0v) is 15.7. The first-order valence-corrected chi connectivity index (χ1v) is 10.0. The van der Waals surface area contributed by atoms with Crippen LogP contribution < -0.4 is 16.8 Å². The van der Waals surface area contributed by atoms with Gasteiger partial charge in [0.05, 0.1) is 6.04 Å². The lowest BCUT2D eigenvalue weighted by Gasteiger charge is -2.29. The van der Waals surface area contributed by atoms with Gasteiger partial charge in [-0.3, -0.25) is 14.6 Å². The Morgan fingerprint density at radius 3 is 2.27 bits per heavy atom. The molecule has 6 N–H and O–H groups in total. The maximum absolute atomic E-state index is 12.4. The Balaban J connectivity index is 1.61. The topological polar surface area (TPSA) is 131 Å². The average molecular weight is 367 g/mol. The molecule has 0 spiro atoms. The number of nitrogens with zero attached hydrogens (tertiary/aromatic N) is 1. The fourth-order valence-corrected chi connectivity index (χ4v) is 4.41. The number of carbonyl (C=O) groups excluding carboxylic acids is 1. The van der Waals surface area contributed by atoms with E-state index in [1.807, 2.05) is 0 Å². The van der Waals surface area contributed by atoms with Crippen LogP contribution in [0.25, 0.3) is 0 Å². The molecule has 2 rings (SSSR count).